The molecule has 0 atom stereocenters. The summed E-state index contributed by atoms with van der Waals surface area (Å²) in [5.41, 5.74) is 4.13. The average Bonchev–Trinajstić information content (AvgIpc) is 2.13. The summed E-state index contributed by atoms with van der Waals surface area (Å²) < 4.78 is 4.84. The molecule has 0 saturated carbocycles. The van der Waals surface area contributed by atoms with Crippen molar-refractivity contribution in [3.8, 4) is 11.5 Å². The van der Waals surface area contributed by atoms with Gasteiger partial charge in [0.05, 0.1) is 6.61 Å². The van der Waals surface area contributed by atoms with E-state index in [0.29, 0.717) is 6.61 Å². The number of hydrogen-bond donors (Lipinski definition) is 0. The van der Waals surface area contributed by atoms with Crippen molar-refractivity contribution in [3.63, 3.8) is 0 Å². The lowest BCUT2D eigenvalue weighted by molar-refractivity contribution is -0.137. The number of allylic oxidation sites excluding steroid dienone is 1. The van der Waals surface area contributed by atoms with E-state index in [1.807, 2.05) is 6.92 Å². The molecule has 0 spiro atoms. The predicted molar refractivity (Wildman–Crippen MR) is 75.4 cm³/mol. The molecule has 0 bridgehead atoms. The van der Waals surface area contributed by atoms with E-state index >= 15 is 0 Å². The molecule has 0 aromatic carbocycles. The molecule has 0 aromatic heterocycles. The number of ether oxygens (including phenoxy) is 1. The van der Waals surface area contributed by atoms with E-state index in [-0.39, 0.29) is 11.0 Å². The summed E-state index contributed by atoms with van der Waals surface area (Å²) in [5, 5.41) is 0.240. The smallest absolute Gasteiger partial charge is 0.331 e. The highest BCUT2D eigenvalue weighted by Gasteiger charge is 2.33. The molecule has 0 fully saturated rings. The molecule has 96 valence electrons. The number of esters is 1. The molecule has 3 heteroatoms. The average molecular weight is 252 g/mol. The van der Waals surface area contributed by atoms with Crippen LogP contribution in [0.4, 0.5) is 0 Å². The first kappa shape index (κ1) is 16.0. The van der Waals surface area contributed by atoms with Crippen molar-refractivity contribution in [1.82, 2.24) is 0 Å². The Balaban J connectivity index is 4.81. The summed E-state index contributed by atoms with van der Waals surface area (Å²) in [5.74, 6) is 2.78. The molecule has 0 heterocycles. The van der Waals surface area contributed by atoms with Crippen molar-refractivity contribution in [2.24, 2.45) is 0 Å². The Hall–Kier alpha value is -1.01. The maximum Gasteiger partial charge on any atom is 0.331 e. The van der Waals surface area contributed by atoms with Gasteiger partial charge in [-0.15, -0.1) is 5.54 Å². The lowest BCUT2D eigenvalue weighted by atomic mass is 10.2. The van der Waals surface area contributed by atoms with Crippen LogP contribution in [-0.4, -0.2) is 20.7 Å². The van der Waals surface area contributed by atoms with Crippen LogP contribution in [0.15, 0.2) is 11.6 Å². The van der Waals surface area contributed by atoms with Crippen molar-refractivity contribution >= 4 is 14.0 Å². The molecular weight excluding hydrogens is 228 g/mol. The number of carbonyl (C=O) groups is 1. The van der Waals surface area contributed by atoms with E-state index in [1.54, 1.807) is 6.92 Å². The van der Waals surface area contributed by atoms with Crippen LogP contribution < -0.4 is 0 Å². The Morgan fingerprint density at radius 3 is 2.29 bits per heavy atom. The highest BCUT2D eigenvalue weighted by molar-refractivity contribution is 6.87. The van der Waals surface area contributed by atoms with Gasteiger partial charge < -0.3 is 4.74 Å². The molecule has 0 rings (SSSR count). The highest BCUT2D eigenvalue weighted by atomic mass is 28.3. The lowest BCUT2D eigenvalue weighted by Gasteiger charge is -2.31. The van der Waals surface area contributed by atoms with Gasteiger partial charge >= 0.3 is 5.97 Å². The second-order valence-corrected chi connectivity index (χ2v) is 10.7. The maximum absolute atomic E-state index is 11.2. The monoisotopic (exact) mass is 252 g/mol. The Morgan fingerprint density at radius 2 is 1.88 bits per heavy atom. The first-order valence-corrected chi connectivity index (χ1v) is 8.98. The molecule has 0 radical (unpaired) electrons. The summed E-state index contributed by atoms with van der Waals surface area (Å²) >= 11 is 0. The molecule has 2 nitrogen and oxygen atoms in total. The maximum atomic E-state index is 11.2. The van der Waals surface area contributed by atoms with Gasteiger partial charge in [-0.2, -0.15) is 0 Å². The van der Waals surface area contributed by atoms with Gasteiger partial charge in [0.1, 0.15) is 8.07 Å². The third kappa shape index (κ3) is 5.74. The standard InChI is InChI=1S/C14H24O2Si/c1-8-16-13(15)11-12(2)9-10-17(6,7)14(3,4)5/h11H,8H2,1-7H3/b12-11+. The summed E-state index contributed by atoms with van der Waals surface area (Å²) in [6.45, 7) is 15.2. The van der Waals surface area contributed by atoms with Gasteiger partial charge in [-0.1, -0.05) is 39.8 Å². The zero-order valence-electron chi connectivity index (χ0n) is 12.1. The van der Waals surface area contributed by atoms with Crippen LogP contribution >= 0.6 is 0 Å². The number of rotatable bonds is 2. The molecule has 0 saturated heterocycles. The van der Waals surface area contributed by atoms with Crippen LogP contribution in [0.5, 0.6) is 0 Å². The van der Waals surface area contributed by atoms with Crippen molar-refractivity contribution < 1.29 is 9.53 Å². The van der Waals surface area contributed by atoms with E-state index in [4.69, 9.17) is 4.74 Å². The summed E-state index contributed by atoms with van der Waals surface area (Å²) in [6.07, 6.45) is 1.46. The van der Waals surface area contributed by atoms with E-state index in [0.717, 1.165) is 5.57 Å². The molecule has 17 heavy (non-hydrogen) atoms. The van der Waals surface area contributed by atoms with Gasteiger partial charge in [-0.3, -0.25) is 0 Å². The number of hydrogen-bond acceptors (Lipinski definition) is 2. The fraction of sp³-hybridized carbons (Fsp3) is 0.643. The normalized spacial score (nSPS) is 12.8. The van der Waals surface area contributed by atoms with Crippen molar-refractivity contribution in [2.75, 3.05) is 6.61 Å². The van der Waals surface area contributed by atoms with Gasteiger partial charge in [0.25, 0.3) is 0 Å². The minimum absolute atomic E-state index is 0.240. The Kier molecular flexibility index (Phi) is 5.70. The topological polar surface area (TPSA) is 26.3 Å². The second-order valence-electron chi connectivity index (χ2n) is 5.70. The third-order valence-corrected chi connectivity index (χ3v) is 7.57. The fourth-order valence-corrected chi connectivity index (χ4v) is 1.72. The Morgan fingerprint density at radius 1 is 1.35 bits per heavy atom. The van der Waals surface area contributed by atoms with Gasteiger partial charge in [0, 0.05) is 11.6 Å². The molecule has 0 aliphatic heterocycles. The van der Waals surface area contributed by atoms with Crippen molar-refractivity contribution in [1.29, 1.82) is 0 Å². The van der Waals surface area contributed by atoms with Gasteiger partial charge in [-0.05, 0) is 18.9 Å². The van der Waals surface area contributed by atoms with Crippen LogP contribution in [0, 0.1) is 11.5 Å². The van der Waals surface area contributed by atoms with Crippen LogP contribution in [0.25, 0.3) is 0 Å². The van der Waals surface area contributed by atoms with E-state index in [2.05, 4.69) is 45.3 Å². The summed E-state index contributed by atoms with van der Waals surface area (Å²) in [6, 6.07) is 0. The Labute approximate surface area is 106 Å². The zero-order chi connectivity index (χ0) is 13.7. The summed E-state index contributed by atoms with van der Waals surface area (Å²) in [7, 11) is -1.59. The SMILES string of the molecule is CCOC(=O)/C=C(\C)C#C[Si](C)(C)C(C)(C)C. The molecule has 0 amide bonds. The highest BCUT2D eigenvalue weighted by Crippen LogP contribution is 2.35. The van der Waals surface area contributed by atoms with E-state index < -0.39 is 8.07 Å². The minimum atomic E-state index is -1.59. The molecular formula is C14H24O2Si. The molecule has 0 unspecified atom stereocenters. The Bertz CT molecular complexity index is 362. The van der Waals surface area contributed by atoms with Crippen LogP contribution in [-0.2, 0) is 9.53 Å². The van der Waals surface area contributed by atoms with Crippen LogP contribution in [0.3, 0.4) is 0 Å². The molecule has 0 aromatic rings. The second kappa shape index (κ2) is 6.06. The lowest BCUT2D eigenvalue weighted by Crippen LogP contribution is -2.35. The summed E-state index contributed by atoms with van der Waals surface area (Å²) in [4.78, 5) is 11.2. The van der Waals surface area contributed by atoms with Crippen molar-refractivity contribution in [2.45, 2.75) is 52.8 Å². The van der Waals surface area contributed by atoms with Crippen LogP contribution in [0.2, 0.25) is 18.1 Å². The van der Waals surface area contributed by atoms with E-state index in [9.17, 15) is 4.79 Å². The van der Waals surface area contributed by atoms with Crippen molar-refractivity contribution in [3.05, 3.63) is 11.6 Å². The fourth-order valence-electron chi connectivity index (χ4n) is 0.839. The number of carbonyl (C=O) groups excluding carboxylic acids is 1. The minimum Gasteiger partial charge on any atom is -0.463 e. The van der Waals surface area contributed by atoms with Gasteiger partial charge in [-0.25, -0.2) is 4.79 Å². The quantitative estimate of drug-likeness (QED) is 0.325. The molecule has 0 aliphatic rings. The van der Waals surface area contributed by atoms with Gasteiger partial charge in [0.2, 0.25) is 0 Å². The zero-order valence-corrected chi connectivity index (χ0v) is 13.1. The molecule has 0 N–H and O–H groups in total. The third-order valence-electron chi connectivity index (χ3n) is 3.07. The first-order valence-electron chi connectivity index (χ1n) is 5.98. The molecule has 0 aliphatic carbocycles. The largest absolute Gasteiger partial charge is 0.463 e. The van der Waals surface area contributed by atoms with Crippen LogP contribution in [0.1, 0.15) is 34.6 Å². The van der Waals surface area contributed by atoms with E-state index in [1.165, 1.54) is 6.08 Å². The predicted octanol–water partition coefficient (Wildman–Crippen LogP) is 3.55. The first-order chi connectivity index (χ1) is 7.60. The van der Waals surface area contributed by atoms with Gasteiger partial charge in [0.15, 0.2) is 0 Å².